The zero-order valence-electron chi connectivity index (χ0n) is 11.5. The lowest BCUT2D eigenvalue weighted by Gasteiger charge is -2.10. The Morgan fingerprint density at radius 2 is 2.00 bits per heavy atom. The maximum absolute atomic E-state index is 10.9. The van der Waals surface area contributed by atoms with Gasteiger partial charge in [-0.15, -0.1) is 0 Å². The molecule has 2 atom stereocenters. The van der Waals surface area contributed by atoms with Gasteiger partial charge in [-0.25, -0.2) is 0 Å². The van der Waals surface area contributed by atoms with Crippen molar-refractivity contribution in [3.8, 4) is 0 Å². The Balaban J connectivity index is 1.75. The van der Waals surface area contributed by atoms with E-state index in [4.69, 9.17) is 11.6 Å². The number of hydrogen-bond acceptors (Lipinski definition) is 3. The van der Waals surface area contributed by atoms with E-state index in [2.05, 4.69) is 17.4 Å². The van der Waals surface area contributed by atoms with Gasteiger partial charge in [0.05, 0.1) is 4.92 Å². The quantitative estimate of drug-likeness (QED) is 0.667. The number of halogens is 1. The van der Waals surface area contributed by atoms with Gasteiger partial charge in [-0.3, -0.25) is 10.1 Å². The number of anilines is 1. The lowest BCUT2D eigenvalue weighted by Crippen LogP contribution is -2.06. The van der Waals surface area contributed by atoms with Gasteiger partial charge in [0.1, 0.15) is 5.02 Å². The van der Waals surface area contributed by atoms with Crippen LogP contribution in [0.2, 0.25) is 5.02 Å². The maximum atomic E-state index is 10.9. The Labute approximate surface area is 127 Å². The highest BCUT2D eigenvalue weighted by Gasteiger charge is 2.38. The number of benzene rings is 2. The summed E-state index contributed by atoms with van der Waals surface area (Å²) in [6.45, 7) is 1.85. The summed E-state index contributed by atoms with van der Waals surface area (Å²) in [5, 5.41) is 14.5. The second-order valence-corrected chi connectivity index (χ2v) is 5.79. The third-order valence-electron chi connectivity index (χ3n) is 3.85. The predicted octanol–water partition coefficient (Wildman–Crippen LogP) is 4.52. The van der Waals surface area contributed by atoms with Crippen molar-refractivity contribution in [1.82, 2.24) is 0 Å². The zero-order valence-corrected chi connectivity index (χ0v) is 12.3. The van der Waals surface area contributed by atoms with E-state index in [0.717, 1.165) is 17.7 Å². The van der Waals surface area contributed by atoms with Crippen molar-refractivity contribution in [2.24, 2.45) is 0 Å². The van der Waals surface area contributed by atoms with Gasteiger partial charge in [0.25, 0.3) is 5.69 Å². The largest absolute Gasteiger partial charge is 0.381 e. The molecule has 2 unspecified atom stereocenters. The third kappa shape index (κ3) is 2.85. The van der Waals surface area contributed by atoms with E-state index in [1.165, 1.54) is 11.6 Å². The molecule has 3 rings (SSSR count). The Bertz CT molecular complexity index is 688. The average Bonchev–Trinajstić information content (AvgIpc) is 3.22. The van der Waals surface area contributed by atoms with E-state index < -0.39 is 4.92 Å². The highest BCUT2D eigenvalue weighted by molar-refractivity contribution is 6.33. The first-order chi connectivity index (χ1) is 10.1. The van der Waals surface area contributed by atoms with Crippen LogP contribution in [0.4, 0.5) is 11.4 Å². The second kappa shape index (κ2) is 5.37. The maximum Gasteiger partial charge on any atom is 0.288 e. The highest BCUT2D eigenvalue weighted by atomic mass is 35.5. The molecule has 1 aliphatic rings. The van der Waals surface area contributed by atoms with Gasteiger partial charge in [-0.05, 0) is 30.5 Å². The molecule has 0 saturated heterocycles. The molecule has 0 aromatic heterocycles. The van der Waals surface area contributed by atoms with E-state index in [-0.39, 0.29) is 10.7 Å². The minimum absolute atomic E-state index is 0.0462. The number of nitro benzene ring substituents is 1. The van der Waals surface area contributed by atoms with Crippen molar-refractivity contribution in [2.45, 2.75) is 25.3 Å². The molecule has 4 nitrogen and oxygen atoms in total. The van der Waals surface area contributed by atoms with Gasteiger partial charge in [-0.1, -0.05) is 41.9 Å². The molecule has 0 spiro atoms. The fraction of sp³-hybridized carbons (Fsp3) is 0.250. The van der Waals surface area contributed by atoms with E-state index in [1.807, 2.05) is 25.1 Å². The first kappa shape index (κ1) is 13.9. The molecule has 108 valence electrons. The SMILES string of the molecule is Cc1cc([N+](=O)[O-])c(Cl)cc1NC1CC1c1ccccc1. The van der Waals surface area contributed by atoms with Crippen molar-refractivity contribution in [2.75, 3.05) is 5.32 Å². The van der Waals surface area contributed by atoms with Crippen LogP contribution in [0.3, 0.4) is 0 Å². The Morgan fingerprint density at radius 3 is 2.67 bits per heavy atom. The minimum atomic E-state index is -0.455. The molecular weight excluding hydrogens is 288 g/mol. The van der Waals surface area contributed by atoms with Gasteiger partial charge in [0.2, 0.25) is 0 Å². The molecule has 5 heteroatoms. The number of nitrogens with zero attached hydrogens (tertiary/aromatic N) is 1. The summed E-state index contributed by atoms with van der Waals surface area (Å²) in [6.07, 6.45) is 1.07. The third-order valence-corrected chi connectivity index (χ3v) is 4.15. The molecule has 1 aliphatic carbocycles. The smallest absolute Gasteiger partial charge is 0.288 e. The highest BCUT2D eigenvalue weighted by Crippen LogP contribution is 2.43. The zero-order chi connectivity index (χ0) is 15.0. The Morgan fingerprint density at radius 1 is 1.29 bits per heavy atom. The normalized spacial score (nSPS) is 20.1. The second-order valence-electron chi connectivity index (χ2n) is 5.38. The molecule has 2 aromatic carbocycles. The van der Waals surface area contributed by atoms with E-state index in [9.17, 15) is 10.1 Å². The summed E-state index contributed by atoms with van der Waals surface area (Å²) in [4.78, 5) is 10.4. The van der Waals surface area contributed by atoms with Gasteiger partial charge >= 0.3 is 0 Å². The summed E-state index contributed by atoms with van der Waals surface area (Å²) in [6, 6.07) is 13.9. The molecule has 1 saturated carbocycles. The number of nitro groups is 1. The fourth-order valence-corrected chi connectivity index (χ4v) is 2.82. The number of aryl methyl sites for hydroxylation is 1. The first-order valence-corrected chi connectivity index (χ1v) is 7.20. The van der Waals surface area contributed by atoms with E-state index in [1.54, 1.807) is 6.07 Å². The monoisotopic (exact) mass is 302 g/mol. The van der Waals surface area contributed by atoms with Crippen molar-refractivity contribution in [3.63, 3.8) is 0 Å². The van der Waals surface area contributed by atoms with Crippen LogP contribution in [-0.2, 0) is 0 Å². The summed E-state index contributed by atoms with van der Waals surface area (Å²) in [5.74, 6) is 0.500. The van der Waals surface area contributed by atoms with Crippen LogP contribution >= 0.6 is 11.6 Å². The number of rotatable bonds is 4. The summed E-state index contributed by atoms with van der Waals surface area (Å²) < 4.78 is 0. The summed E-state index contributed by atoms with van der Waals surface area (Å²) in [5.41, 5.74) is 2.98. The van der Waals surface area contributed by atoms with Crippen LogP contribution in [0, 0.1) is 17.0 Å². The molecule has 1 fully saturated rings. The van der Waals surface area contributed by atoms with E-state index >= 15 is 0 Å². The van der Waals surface area contributed by atoms with Gasteiger partial charge < -0.3 is 5.32 Å². The molecule has 0 aliphatic heterocycles. The van der Waals surface area contributed by atoms with Crippen LogP contribution < -0.4 is 5.32 Å². The van der Waals surface area contributed by atoms with Crippen molar-refractivity contribution < 1.29 is 4.92 Å². The predicted molar refractivity (Wildman–Crippen MR) is 84.1 cm³/mol. The van der Waals surface area contributed by atoms with Crippen LogP contribution in [0.1, 0.15) is 23.5 Å². The molecular formula is C16H15ClN2O2. The Hall–Kier alpha value is -2.07. The number of hydrogen-bond donors (Lipinski definition) is 1. The molecule has 21 heavy (non-hydrogen) atoms. The summed E-state index contributed by atoms with van der Waals surface area (Å²) in [7, 11) is 0. The lowest BCUT2D eigenvalue weighted by atomic mass is 10.1. The standard InChI is InChI=1S/C16H15ClN2O2/c1-10-7-16(19(20)21)13(17)9-14(10)18-15-8-12(15)11-5-3-2-4-6-11/h2-7,9,12,15,18H,8H2,1H3. The summed E-state index contributed by atoms with van der Waals surface area (Å²) >= 11 is 5.97. The van der Waals surface area contributed by atoms with E-state index in [0.29, 0.717) is 12.0 Å². The number of nitrogens with one attached hydrogen (secondary N) is 1. The van der Waals surface area contributed by atoms with Gasteiger partial charge in [-0.2, -0.15) is 0 Å². The topological polar surface area (TPSA) is 55.2 Å². The lowest BCUT2D eigenvalue weighted by molar-refractivity contribution is -0.384. The van der Waals surface area contributed by atoms with Crippen molar-refractivity contribution in [1.29, 1.82) is 0 Å². The van der Waals surface area contributed by atoms with Crippen molar-refractivity contribution in [3.05, 3.63) is 68.7 Å². The molecule has 0 radical (unpaired) electrons. The molecule has 1 N–H and O–H groups in total. The van der Waals surface area contributed by atoms with Crippen molar-refractivity contribution >= 4 is 23.0 Å². The van der Waals surface area contributed by atoms with Crippen LogP contribution in [-0.4, -0.2) is 11.0 Å². The minimum Gasteiger partial charge on any atom is -0.381 e. The van der Waals surface area contributed by atoms with Crippen LogP contribution in [0.15, 0.2) is 42.5 Å². The molecule has 2 aromatic rings. The average molecular weight is 303 g/mol. The van der Waals surface area contributed by atoms with Crippen LogP contribution in [0.5, 0.6) is 0 Å². The fourth-order valence-electron chi connectivity index (χ4n) is 2.58. The molecule has 0 heterocycles. The van der Waals surface area contributed by atoms with Crippen LogP contribution in [0.25, 0.3) is 0 Å². The molecule has 0 bridgehead atoms. The first-order valence-electron chi connectivity index (χ1n) is 6.82. The molecule has 0 amide bonds. The van der Waals surface area contributed by atoms with Gasteiger partial charge in [0.15, 0.2) is 0 Å². The van der Waals surface area contributed by atoms with Gasteiger partial charge in [0, 0.05) is 23.7 Å². The Kier molecular flexibility index (Phi) is 3.55.